The molecule has 1 aromatic heterocycles. The first kappa shape index (κ1) is 19.8. The molecule has 0 bridgehead atoms. The van der Waals surface area contributed by atoms with Gasteiger partial charge in [-0.05, 0) is 36.4 Å². The molecule has 1 saturated heterocycles. The summed E-state index contributed by atoms with van der Waals surface area (Å²) < 4.78 is 53.4. The van der Waals surface area contributed by atoms with Crippen molar-refractivity contribution in [2.75, 3.05) is 26.2 Å². The molecular formula is C19H16ClF2N3O3S. The lowest BCUT2D eigenvalue weighted by atomic mass is 10.2. The Kier molecular flexibility index (Phi) is 5.05. The van der Waals surface area contributed by atoms with Gasteiger partial charge in [0.2, 0.25) is 10.0 Å². The van der Waals surface area contributed by atoms with Gasteiger partial charge in [0.25, 0.3) is 5.91 Å². The van der Waals surface area contributed by atoms with Crippen molar-refractivity contribution in [1.82, 2.24) is 14.2 Å². The SMILES string of the molecule is O=C(c1cc2cc(Cl)ccc2[nH]1)N1CCN(S(=O)(=O)c2ccc(F)cc2F)CC1. The zero-order chi connectivity index (χ0) is 20.8. The minimum absolute atomic E-state index is 0.0109. The fraction of sp³-hybridized carbons (Fsp3) is 0.211. The number of sulfonamides is 1. The molecule has 0 aliphatic carbocycles. The number of fused-ring (bicyclic) bond motifs is 1. The molecule has 1 aliphatic rings. The van der Waals surface area contributed by atoms with Crippen molar-refractivity contribution < 1.29 is 22.0 Å². The number of H-pyrrole nitrogens is 1. The third kappa shape index (κ3) is 3.73. The first-order chi connectivity index (χ1) is 13.8. The van der Waals surface area contributed by atoms with E-state index in [4.69, 9.17) is 11.6 Å². The van der Waals surface area contributed by atoms with Crippen LogP contribution in [0.15, 0.2) is 47.4 Å². The second-order valence-corrected chi connectivity index (χ2v) is 9.03. The highest BCUT2D eigenvalue weighted by Crippen LogP contribution is 2.23. The highest BCUT2D eigenvalue weighted by atomic mass is 35.5. The topological polar surface area (TPSA) is 73.5 Å². The number of benzene rings is 2. The van der Waals surface area contributed by atoms with Crippen LogP contribution in [0, 0.1) is 11.6 Å². The summed E-state index contributed by atoms with van der Waals surface area (Å²) in [5.41, 5.74) is 1.15. The molecule has 1 aliphatic heterocycles. The number of rotatable bonds is 3. The number of carbonyl (C=O) groups excluding carboxylic acids is 1. The number of halogens is 3. The number of hydrogen-bond acceptors (Lipinski definition) is 3. The first-order valence-corrected chi connectivity index (χ1v) is 10.6. The van der Waals surface area contributed by atoms with E-state index in [1.165, 1.54) is 4.90 Å². The van der Waals surface area contributed by atoms with Gasteiger partial charge in [-0.1, -0.05) is 11.6 Å². The summed E-state index contributed by atoms with van der Waals surface area (Å²) >= 11 is 5.97. The van der Waals surface area contributed by atoms with Gasteiger partial charge in [0.1, 0.15) is 22.2 Å². The van der Waals surface area contributed by atoms with Crippen LogP contribution in [0.5, 0.6) is 0 Å². The Labute approximate surface area is 170 Å². The Morgan fingerprint density at radius 3 is 2.41 bits per heavy atom. The maximum Gasteiger partial charge on any atom is 0.270 e. The van der Waals surface area contributed by atoms with Crippen molar-refractivity contribution in [2.45, 2.75) is 4.90 Å². The van der Waals surface area contributed by atoms with Gasteiger partial charge >= 0.3 is 0 Å². The predicted octanol–water partition coefficient (Wildman–Crippen LogP) is 3.25. The van der Waals surface area contributed by atoms with Crippen LogP contribution < -0.4 is 0 Å². The largest absolute Gasteiger partial charge is 0.351 e. The van der Waals surface area contributed by atoms with E-state index in [-0.39, 0.29) is 32.1 Å². The number of aromatic amines is 1. The summed E-state index contributed by atoms with van der Waals surface area (Å²) in [6, 6.07) is 9.27. The van der Waals surface area contributed by atoms with E-state index < -0.39 is 26.6 Å². The van der Waals surface area contributed by atoms with Crippen molar-refractivity contribution in [1.29, 1.82) is 0 Å². The zero-order valence-corrected chi connectivity index (χ0v) is 16.6. The Bertz CT molecular complexity index is 1200. The smallest absolute Gasteiger partial charge is 0.270 e. The second kappa shape index (κ2) is 7.40. The third-order valence-corrected chi connectivity index (χ3v) is 7.02. The van der Waals surface area contributed by atoms with Crippen LogP contribution in [0.25, 0.3) is 10.9 Å². The molecule has 2 heterocycles. The number of nitrogens with zero attached hydrogens (tertiary/aromatic N) is 2. The normalized spacial score (nSPS) is 15.8. The highest BCUT2D eigenvalue weighted by Gasteiger charge is 2.32. The lowest BCUT2D eigenvalue weighted by molar-refractivity contribution is 0.0693. The first-order valence-electron chi connectivity index (χ1n) is 8.78. The van der Waals surface area contributed by atoms with Crippen molar-refractivity contribution in [3.05, 3.63) is 64.8 Å². The van der Waals surface area contributed by atoms with Gasteiger partial charge in [-0.25, -0.2) is 17.2 Å². The molecule has 1 fully saturated rings. The van der Waals surface area contributed by atoms with Crippen LogP contribution >= 0.6 is 11.6 Å². The molecule has 152 valence electrons. The summed E-state index contributed by atoms with van der Waals surface area (Å²) in [5.74, 6) is -2.25. The number of aromatic nitrogens is 1. The van der Waals surface area contributed by atoms with E-state index in [2.05, 4.69) is 4.98 Å². The lowest BCUT2D eigenvalue weighted by Crippen LogP contribution is -2.50. The van der Waals surface area contributed by atoms with E-state index in [0.717, 1.165) is 27.3 Å². The Balaban J connectivity index is 1.49. The summed E-state index contributed by atoms with van der Waals surface area (Å²) in [5, 5.41) is 1.36. The van der Waals surface area contributed by atoms with Crippen molar-refractivity contribution in [3.8, 4) is 0 Å². The quantitative estimate of drug-likeness (QED) is 0.680. The number of carbonyl (C=O) groups is 1. The van der Waals surface area contributed by atoms with Gasteiger partial charge in [-0.3, -0.25) is 4.79 Å². The Morgan fingerprint density at radius 1 is 1.00 bits per heavy atom. The number of nitrogens with one attached hydrogen (secondary N) is 1. The molecule has 4 rings (SSSR count). The summed E-state index contributed by atoms with van der Waals surface area (Å²) in [4.78, 5) is 16.7. The van der Waals surface area contributed by atoms with Crippen LogP contribution in [0.2, 0.25) is 5.02 Å². The maximum absolute atomic E-state index is 13.9. The standard InChI is InChI=1S/C19H16ClF2N3O3S/c20-13-1-3-16-12(9-13)10-17(23-16)19(26)24-5-7-25(8-6-24)29(27,28)18-4-2-14(21)11-15(18)22/h1-4,9-11,23H,5-8H2. The summed E-state index contributed by atoms with van der Waals surface area (Å²) in [6.45, 7) is 0.321. The molecule has 2 aromatic carbocycles. The minimum atomic E-state index is -4.12. The van der Waals surface area contributed by atoms with E-state index in [0.29, 0.717) is 16.8 Å². The average molecular weight is 440 g/mol. The Hall–Kier alpha value is -2.49. The zero-order valence-electron chi connectivity index (χ0n) is 15.0. The molecule has 29 heavy (non-hydrogen) atoms. The number of amides is 1. The molecule has 6 nitrogen and oxygen atoms in total. The molecule has 0 spiro atoms. The lowest BCUT2D eigenvalue weighted by Gasteiger charge is -2.33. The molecule has 0 unspecified atom stereocenters. The van der Waals surface area contributed by atoms with E-state index >= 15 is 0 Å². The number of hydrogen-bond donors (Lipinski definition) is 1. The molecule has 3 aromatic rings. The van der Waals surface area contributed by atoms with Gasteiger partial charge in [0.05, 0.1) is 0 Å². The molecule has 10 heteroatoms. The van der Waals surface area contributed by atoms with Gasteiger partial charge < -0.3 is 9.88 Å². The van der Waals surface area contributed by atoms with Crippen molar-refractivity contribution >= 4 is 38.4 Å². The van der Waals surface area contributed by atoms with Gasteiger partial charge in [-0.2, -0.15) is 4.31 Å². The van der Waals surface area contributed by atoms with E-state index in [9.17, 15) is 22.0 Å². The van der Waals surface area contributed by atoms with Gasteiger partial charge in [0, 0.05) is 48.2 Å². The van der Waals surface area contributed by atoms with Crippen molar-refractivity contribution in [3.63, 3.8) is 0 Å². The maximum atomic E-state index is 13.9. The molecular weight excluding hydrogens is 424 g/mol. The molecule has 0 atom stereocenters. The molecule has 1 amide bonds. The Morgan fingerprint density at radius 2 is 1.72 bits per heavy atom. The molecule has 1 N–H and O–H groups in total. The minimum Gasteiger partial charge on any atom is -0.351 e. The monoisotopic (exact) mass is 439 g/mol. The van der Waals surface area contributed by atoms with Crippen LogP contribution in [0.4, 0.5) is 8.78 Å². The molecule has 0 radical (unpaired) electrons. The summed E-state index contributed by atoms with van der Waals surface area (Å²) in [6.07, 6.45) is 0. The third-order valence-electron chi connectivity index (χ3n) is 4.85. The highest BCUT2D eigenvalue weighted by molar-refractivity contribution is 7.89. The average Bonchev–Trinajstić information content (AvgIpc) is 3.10. The van der Waals surface area contributed by atoms with Crippen molar-refractivity contribution in [2.24, 2.45) is 0 Å². The summed E-state index contributed by atoms with van der Waals surface area (Å²) in [7, 11) is -4.12. The van der Waals surface area contributed by atoms with Crippen LogP contribution in [-0.2, 0) is 10.0 Å². The van der Waals surface area contributed by atoms with E-state index in [1.807, 2.05) is 0 Å². The van der Waals surface area contributed by atoms with Crippen LogP contribution in [-0.4, -0.2) is 54.7 Å². The van der Waals surface area contributed by atoms with Crippen LogP contribution in [0.3, 0.4) is 0 Å². The number of piperazine rings is 1. The molecule has 0 saturated carbocycles. The predicted molar refractivity (Wildman–Crippen MR) is 104 cm³/mol. The van der Waals surface area contributed by atoms with Crippen LogP contribution in [0.1, 0.15) is 10.5 Å². The second-order valence-electron chi connectivity index (χ2n) is 6.69. The van der Waals surface area contributed by atoms with Gasteiger partial charge in [-0.15, -0.1) is 0 Å². The fourth-order valence-corrected chi connectivity index (χ4v) is 4.99. The van der Waals surface area contributed by atoms with E-state index in [1.54, 1.807) is 24.3 Å². The fourth-order valence-electron chi connectivity index (χ4n) is 3.34. The van der Waals surface area contributed by atoms with Gasteiger partial charge in [0.15, 0.2) is 0 Å².